The first-order chi connectivity index (χ1) is 12.0. The van der Waals surface area contributed by atoms with Gasteiger partial charge in [0.15, 0.2) is 5.82 Å². The van der Waals surface area contributed by atoms with Crippen LogP contribution in [0.3, 0.4) is 0 Å². The fraction of sp³-hybridized carbons (Fsp3) is 0.421. The molecule has 1 aliphatic carbocycles. The van der Waals surface area contributed by atoms with E-state index in [4.69, 9.17) is 14.4 Å². The normalized spacial score (nSPS) is 14.9. The molecular formula is C19H22N2O4. The van der Waals surface area contributed by atoms with Gasteiger partial charge in [-0.1, -0.05) is 37.2 Å². The van der Waals surface area contributed by atoms with Crippen molar-refractivity contribution in [3.05, 3.63) is 53.7 Å². The highest BCUT2D eigenvalue weighted by atomic mass is 16.5. The molecule has 0 atom stereocenters. The number of rotatable bonds is 9. The van der Waals surface area contributed by atoms with Crippen LogP contribution in [0.15, 0.2) is 40.9 Å². The van der Waals surface area contributed by atoms with Gasteiger partial charge in [-0.25, -0.2) is 4.79 Å². The van der Waals surface area contributed by atoms with Gasteiger partial charge in [0.25, 0.3) is 0 Å². The van der Waals surface area contributed by atoms with E-state index in [1.165, 1.54) is 0 Å². The molecule has 1 aromatic carbocycles. The maximum absolute atomic E-state index is 10.9. The Morgan fingerprint density at radius 3 is 2.68 bits per heavy atom. The molecule has 0 spiro atoms. The minimum atomic E-state index is -1.06. The summed E-state index contributed by atoms with van der Waals surface area (Å²) in [6, 6.07) is 8.03. The maximum atomic E-state index is 10.9. The summed E-state index contributed by atoms with van der Waals surface area (Å²) < 4.78 is 10.9. The van der Waals surface area contributed by atoms with Crippen LogP contribution in [0.5, 0.6) is 5.75 Å². The van der Waals surface area contributed by atoms with E-state index in [1.54, 1.807) is 0 Å². The minimum absolute atomic E-state index is 0.0358. The molecule has 0 saturated heterocycles. The molecule has 6 nitrogen and oxygen atoms in total. The van der Waals surface area contributed by atoms with Crippen molar-refractivity contribution in [2.45, 2.75) is 44.4 Å². The van der Waals surface area contributed by atoms with E-state index < -0.39 is 5.97 Å². The van der Waals surface area contributed by atoms with Gasteiger partial charge < -0.3 is 14.4 Å². The lowest BCUT2D eigenvalue weighted by molar-refractivity contribution is -0.132. The van der Waals surface area contributed by atoms with Crippen LogP contribution in [-0.2, 0) is 16.6 Å². The van der Waals surface area contributed by atoms with Crippen molar-refractivity contribution in [2.24, 2.45) is 0 Å². The standard InChI is InChI=1S/C19H22N2O4/c1-3-4-11-24-15-7-5-14(6-8-15)19(9-10-19)18-20-16(25-21-18)12-13(2)17(22)23/h5-8H,2-4,9-12H2,1H3,(H,22,23). The lowest BCUT2D eigenvalue weighted by Crippen LogP contribution is -2.11. The maximum Gasteiger partial charge on any atom is 0.331 e. The lowest BCUT2D eigenvalue weighted by Gasteiger charge is -2.12. The molecule has 1 N–H and O–H groups in total. The average Bonchev–Trinajstić information content (AvgIpc) is 3.28. The number of carboxylic acids is 1. The topological polar surface area (TPSA) is 85.5 Å². The van der Waals surface area contributed by atoms with Crippen LogP contribution in [0.1, 0.15) is 49.9 Å². The van der Waals surface area contributed by atoms with Gasteiger partial charge in [0, 0.05) is 5.57 Å². The Kier molecular flexibility index (Phi) is 4.88. The third-order valence-electron chi connectivity index (χ3n) is 4.49. The highest BCUT2D eigenvalue weighted by molar-refractivity contribution is 5.86. The van der Waals surface area contributed by atoms with Crippen molar-refractivity contribution in [3.8, 4) is 5.75 Å². The van der Waals surface area contributed by atoms with Gasteiger partial charge in [0.1, 0.15) is 5.75 Å². The Balaban J connectivity index is 1.71. The summed E-state index contributed by atoms with van der Waals surface area (Å²) in [6.07, 6.45) is 4.10. The van der Waals surface area contributed by atoms with Crippen LogP contribution >= 0.6 is 0 Å². The zero-order chi connectivity index (χ0) is 17.9. The Hall–Kier alpha value is -2.63. The van der Waals surface area contributed by atoms with E-state index in [1.807, 2.05) is 24.3 Å². The molecule has 1 saturated carbocycles. The van der Waals surface area contributed by atoms with E-state index in [0.29, 0.717) is 5.82 Å². The molecule has 1 heterocycles. The Morgan fingerprint density at radius 1 is 1.36 bits per heavy atom. The fourth-order valence-electron chi connectivity index (χ4n) is 2.75. The SMILES string of the molecule is C=C(Cc1nc(C2(c3ccc(OCCCC)cc3)CC2)no1)C(=O)O. The number of hydrogen-bond donors (Lipinski definition) is 1. The van der Waals surface area contributed by atoms with Crippen molar-refractivity contribution in [1.82, 2.24) is 10.1 Å². The zero-order valence-corrected chi connectivity index (χ0v) is 14.3. The van der Waals surface area contributed by atoms with Crippen LogP contribution in [0.2, 0.25) is 0 Å². The molecule has 1 aliphatic rings. The number of unbranched alkanes of at least 4 members (excludes halogenated alkanes) is 1. The number of nitrogens with zero attached hydrogens (tertiary/aromatic N) is 2. The first kappa shape index (κ1) is 17.2. The van der Waals surface area contributed by atoms with Crippen molar-refractivity contribution >= 4 is 5.97 Å². The molecule has 0 bridgehead atoms. The Morgan fingerprint density at radius 2 is 2.08 bits per heavy atom. The van der Waals surface area contributed by atoms with E-state index >= 15 is 0 Å². The molecule has 1 aromatic heterocycles. The molecule has 1 fully saturated rings. The van der Waals surface area contributed by atoms with E-state index in [9.17, 15) is 4.79 Å². The fourth-order valence-corrected chi connectivity index (χ4v) is 2.75. The van der Waals surface area contributed by atoms with Crippen LogP contribution in [0.25, 0.3) is 0 Å². The molecule has 0 amide bonds. The van der Waals surface area contributed by atoms with Crippen LogP contribution in [0.4, 0.5) is 0 Å². The highest BCUT2D eigenvalue weighted by Crippen LogP contribution is 2.52. The second-order valence-electron chi connectivity index (χ2n) is 6.41. The summed E-state index contributed by atoms with van der Waals surface area (Å²) in [5, 5.41) is 13.0. The van der Waals surface area contributed by atoms with Gasteiger partial charge >= 0.3 is 5.97 Å². The average molecular weight is 342 g/mol. The largest absolute Gasteiger partial charge is 0.494 e. The van der Waals surface area contributed by atoms with Crippen molar-refractivity contribution in [2.75, 3.05) is 6.61 Å². The summed E-state index contributed by atoms with van der Waals surface area (Å²) in [5.41, 5.74) is 0.933. The zero-order valence-electron chi connectivity index (χ0n) is 14.3. The predicted molar refractivity (Wildman–Crippen MR) is 91.6 cm³/mol. The molecule has 132 valence electrons. The molecule has 0 unspecified atom stereocenters. The second kappa shape index (κ2) is 7.09. The van der Waals surface area contributed by atoms with E-state index in [-0.39, 0.29) is 23.3 Å². The Bertz CT molecular complexity index is 760. The number of hydrogen-bond acceptors (Lipinski definition) is 5. The first-order valence-electron chi connectivity index (χ1n) is 8.52. The third-order valence-corrected chi connectivity index (χ3v) is 4.49. The van der Waals surface area contributed by atoms with Crippen LogP contribution < -0.4 is 4.74 Å². The molecule has 3 rings (SSSR count). The monoisotopic (exact) mass is 342 g/mol. The summed E-state index contributed by atoms with van der Waals surface area (Å²) in [4.78, 5) is 15.3. The molecule has 2 aromatic rings. The van der Waals surface area contributed by atoms with Crippen molar-refractivity contribution < 1.29 is 19.2 Å². The number of carboxylic acid groups (broad SMARTS) is 1. The number of benzene rings is 1. The smallest absolute Gasteiger partial charge is 0.331 e. The van der Waals surface area contributed by atoms with E-state index in [0.717, 1.165) is 43.6 Å². The number of aliphatic carboxylic acids is 1. The van der Waals surface area contributed by atoms with Crippen molar-refractivity contribution in [1.29, 1.82) is 0 Å². The van der Waals surface area contributed by atoms with Gasteiger partial charge in [0.05, 0.1) is 18.4 Å². The third kappa shape index (κ3) is 3.73. The molecule has 0 aliphatic heterocycles. The molecule has 6 heteroatoms. The predicted octanol–water partition coefficient (Wildman–Crippen LogP) is 3.51. The number of carbonyl (C=O) groups is 1. The van der Waals surface area contributed by atoms with Gasteiger partial charge in [-0.2, -0.15) is 4.98 Å². The summed E-state index contributed by atoms with van der Waals surface area (Å²) in [6.45, 7) is 6.35. The molecule has 0 radical (unpaired) electrons. The van der Waals surface area contributed by atoms with Crippen LogP contribution in [-0.4, -0.2) is 27.8 Å². The first-order valence-corrected chi connectivity index (χ1v) is 8.52. The Labute approximate surface area is 146 Å². The van der Waals surface area contributed by atoms with E-state index in [2.05, 4.69) is 23.6 Å². The lowest BCUT2D eigenvalue weighted by atomic mass is 9.95. The molecular weight excluding hydrogens is 320 g/mol. The minimum Gasteiger partial charge on any atom is -0.494 e. The van der Waals surface area contributed by atoms with Gasteiger partial charge in [-0.3, -0.25) is 0 Å². The highest BCUT2D eigenvalue weighted by Gasteiger charge is 2.50. The summed E-state index contributed by atoms with van der Waals surface area (Å²) in [5.74, 6) is 0.702. The number of ether oxygens (including phenoxy) is 1. The van der Waals surface area contributed by atoms with Gasteiger partial charge in [0.2, 0.25) is 5.89 Å². The van der Waals surface area contributed by atoms with Crippen molar-refractivity contribution in [3.63, 3.8) is 0 Å². The quantitative estimate of drug-likeness (QED) is 0.554. The van der Waals surface area contributed by atoms with Gasteiger partial charge in [-0.15, -0.1) is 0 Å². The van der Waals surface area contributed by atoms with Gasteiger partial charge in [-0.05, 0) is 37.0 Å². The summed E-state index contributed by atoms with van der Waals surface area (Å²) >= 11 is 0. The summed E-state index contributed by atoms with van der Waals surface area (Å²) in [7, 11) is 0. The molecule has 25 heavy (non-hydrogen) atoms. The second-order valence-corrected chi connectivity index (χ2v) is 6.41. The van der Waals surface area contributed by atoms with Crippen LogP contribution in [0, 0.1) is 0 Å². The number of aromatic nitrogens is 2.